The van der Waals surface area contributed by atoms with Gasteiger partial charge in [0.1, 0.15) is 11.6 Å². The van der Waals surface area contributed by atoms with Crippen LogP contribution >= 0.6 is 0 Å². The number of ether oxygens (including phenoxy) is 4. The Kier molecular flexibility index (Phi) is 10.8. The lowest BCUT2D eigenvalue weighted by molar-refractivity contribution is -0.121. The first-order valence-corrected chi connectivity index (χ1v) is 14.1. The lowest BCUT2D eigenvalue weighted by atomic mass is 9.95. The summed E-state index contributed by atoms with van der Waals surface area (Å²) in [5, 5.41) is 11.3. The summed E-state index contributed by atoms with van der Waals surface area (Å²) in [4.78, 5) is 50.2. The third-order valence-electron chi connectivity index (χ3n) is 6.77. The lowest BCUT2D eigenvalue weighted by Crippen LogP contribution is -2.42. The number of hydrogen-bond donors (Lipinski definition) is 4. The number of methoxy groups -OCH3 is 3. The molecule has 12 nitrogen and oxygen atoms in total. The Hall–Kier alpha value is -4.48. The Morgan fingerprint density at radius 3 is 2.26 bits per heavy atom. The van der Waals surface area contributed by atoms with Gasteiger partial charge >= 0.3 is 6.09 Å². The molecule has 0 aliphatic heterocycles. The molecule has 0 saturated heterocycles. The van der Waals surface area contributed by atoms with Gasteiger partial charge in [0.25, 0.3) is 0 Å². The van der Waals surface area contributed by atoms with Crippen LogP contribution in [0.4, 0.5) is 10.5 Å². The fourth-order valence-corrected chi connectivity index (χ4v) is 4.94. The van der Waals surface area contributed by atoms with Gasteiger partial charge in [0, 0.05) is 25.6 Å². The van der Waals surface area contributed by atoms with E-state index in [1.807, 2.05) is 6.07 Å². The number of carbonyl (C=O) groups is 3. The van der Waals surface area contributed by atoms with Crippen LogP contribution in [0, 0.1) is 0 Å². The first-order valence-electron chi connectivity index (χ1n) is 14.1. The molecule has 2 aromatic rings. The average molecular weight is 599 g/mol. The fraction of sp³-hybridized carbons (Fsp3) is 0.484. The van der Waals surface area contributed by atoms with E-state index in [0.717, 1.165) is 11.1 Å². The Labute approximate surface area is 251 Å². The van der Waals surface area contributed by atoms with Crippen molar-refractivity contribution in [2.24, 2.45) is 0 Å². The molecular weight excluding hydrogens is 556 g/mol. The molecule has 3 rings (SSSR count). The summed E-state index contributed by atoms with van der Waals surface area (Å²) in [5.74, 6) is 0.769. The molecule has 2 aromatic carbocycles. The van der Waals surface area contributed by atoms with Crippen molar-refractivity contribution in [1.29, 1.82) is 0 Å². The van der Waals surface area contributed by atoms with E-state index in [9.17, 15) is 19.2 Å². The van der Waals surface area contributed by atoms with E-state index in [4.69, 9.17) is 18.9 Å². The van der Waals surface area contributed by atoms with Crippen LogP contribution in [0.5, 0.6) is 17.2 Å². The second-order valence-electron chi connectivity index (χ2n) is 11.2. The number of amides is 3. The molecule has 0 aromatic heterocycles. The number of anilines is 1. The largest absolute Gasteiger partial charge is 0.493 e. The van der Waals surface area contributed by atoms with Gasteiger partial charge in [-0.25, -0.2) is 4.79 Å². The lowest BCUT2D eigenvalue weighted by Gasteiger charge is -2.20. The fourth-order valence-electron chi connectivity index (χ4n) is 4.94. The minimum atomic E-state index is -0.770. The maximum absolute atomic E-state index is 13.5. The molecule has 3 amide bonds. The predicted octanol–water partition coefficient (Wildman–Crippen LogP) is 3.30. The predicted molar refractivity (Wildman–Crippen MR) is 163 cm³/mol. The van der Waals surface area contributed by atoms with E-state index in [1.165, 1.54) is 27.2 Å². The van der Waals surface area contributed by atoms with Crippen LogP contribution in [-0.2, 0) is 20.7 Å². The van der Waals surface area contributed by atoms with Gasteiger partial charge in [-0.1, -0.05) is 6.07 Å². The van der Waals surface area contributed by atoms with Crippen LogP contribution in [-0.4, -0.2) is 64.0 Å². The second kappa shape index (κ2) is 14.1. The third-order valence-corrected chi connectivity index (χ3v) is 6.77. The third kappa shape index (κ3) is 8.30. The number of carbonyl (C=O) groups excluding carboxylic acids is 3. The Morgan fingerprint density at radius 2 is 1.65 bits per heavy atom. The summed E-state index contributed by atoms with van der Waals surface area (Å²) < 4.78 is 22.2. The molecule has 0 fully saturated rings. The number of nitrogens with one attached hydrogen (secondary N) is 4. The highest BCUT2D eigenvalue weighted by Gasteiger charge is 2.29. The topological polar surface area (TPSA) is 153 Å². The molecule has 234 valence electrons. The number of aryl methyl sites for hydroxylation is 1. The number of hydrogen-bond acceptors (Lipinski definition) is 9. The zero-order valence-electron chi connectivity index (χ0n) is 26.1. The van der Waals surface area contributed by atoms with Gasteiger partial charge in [-0.3, -0.25) is 14.4 Å². The zero-order valence-corrected chi connectivity index (χ0v) is 26.1. The molecular formula is C31H42N4O8. The van der Waals surface area contributed by atoms with E-state index < -0.39 is 23.8 Å². The van der Waals surface area contributed by atoms with Crippen molar-refractivity contribution >= 4 is 23.6 Å². The average Bonchev–Trinajstić information content (AvgIpc) is 3.17. The zero-order chi connectivity index (χ0) is 31.9. The van der Waals surface area contributed by atoms with Crippen LogP contribution < -0.4 is 40.9 Å². The van der Waals surface area contributed by atoms with E-state index in [2.05, 4.69) is 21.3 Å². The quantitative estimate of drug-likeness (QED) is 0.302. The van der Waals surface area contributed by atoms with Crippen molar-refractivity contribution in [3.8, 4) is 28.4 Å². The van der Waals surface area contributed by atoms with Crippen molar-refractivity contribution in [2.45, 2.75) is 65.1 Å². The minimum absolute atomic E-state index is 0.172. The SMILES string of the molecule is COc1cc2c(c(OC)c1OC)-c1ccc(NC(C)C(=O)NCCNC(=O)OC(C)(C)C)c(=O)cc1C(NC(C)=O)CC2. The monoisotopic (exact) mass is 598 g/mol. The summed E-state index contributed by atoms with van der Waals surface area (Å²) in [5.41, 5.74) is 2.15. The van der Waals surface area contributed by atoms with E-state index in [-0.39, 0.29) is 36.0 Å². The van der Waals surface area contributed by atoms with Crippen LogP contribution in [0.25, 0.3) is 11.1 Å². The van der Waals surface area contributed by atoms with Crippen LogP contribution in [0.15, 0.2) is 29.1 Å². The van der Waals surface area contributed by atoms with Crippen LogP contribution in [0.1, 0.15) is 58.2 Å². The van der Waals surface area contributed by atoms with Crippen LogP contribution in [0.2, 0.25) is 0 Å². The first-order chi connectivity index (χ1) is 20.3. The molecule has 1 aliphatic carbocycles. The summed E-state index contributed by atoms with van der Waals surface area (Å²) in [7, 11) is 4.60. The number of rotatable bonds is 10. The summed E-state index contributed by atoms with van der Waals surface area (Å²) >= 11 is 0. The molecule has 0 bridgehead atoms. The number of fused-ring (bicyclic) bond motifs is 3. The maximum atomic E-state index is 13.5. The molecule has 4 N–H and O–H groups in total. The minimum Gasteiger partial charge on any atom is -0.493 e. The molecule has 0 radical (unpaired) electrons. The first kappa shape index (κ1) is 33.0. The van der Waals surface area contributed by atoms with Crippen LogP contribution in [0.3, 0.4) is 0 Å². The van der Waals surface area contributed by atoms with Gasteiger partial charge in [0.15, 0.2) is 11.5 Å². The van der Waals surface area contributed by atoms with Crippen molar-refractivity contribution in [2.75, 3.05) is 39.7 Å². The molecule has 0 heterocycles. The maximum Gasteiger partial charge on any atom is 0.407 e. The normalized spacial score (nSPS) is 14.6. The van der Waals surface area contributed by atoms with E-state index >= 15 is 0 Å². The van der Waals surface area contributed by atoms with Gasteiger partial charge in [0.05, 0.1) is 33.1 Å². The van der Waals surface area contributed by atoms with Crippen molar-refractivity contribution < 1.29 is 33.3 Å². The molecule has 12 heteroatoms. The van der Waals surface area contributed by atoms with E-state index in [1.54, 1.807) is 46.9 Å². The number of alkyl carbamates (subject to hydrolysis) is 1. The van der Waals surface area contributed by atoms with Gasteiger partial charge in [-0.2, -0.15) is 0 Å². The molecule has 0 spiro atoms. The molecule has 1 aliphatic rings. The number of benzene rings is 1. The highest BCUT2D eigenvalue weighted by molar-refractivity contribution is 5.85. The standard InChI is InChI=1S/C31H42N4O8/c1-17(29(38)32-13-14-33-30(39)43-31(3,4)5)34-23-12-10-20-21(16-24(23)37)22(35-18(2)36)11-9-19-15-25(40-6)27(41-7)28(42-8)26(19)20/h10,12,15-17,22H,9,11,13-14H2,1-8H3,(H,32,38)(H,33,39)(H,34,37)(H,35,36). The molecule has 2 unspecified atom stereocenters. The highest BCUT2D eigenvalue weighted by atomic mass is 16.6. The molecule has 2 atom stereocenters. The highest BCUT2D eigenvalue weighted by Crippen LogP contribution is 2.50. The Morgan fingerprint density at radius 1 is 0.977 bits per heavy atom. The molecule has 0 saturated carbocycles. The van der Waals surface area contributed by atoms with Crippen molar-refractivity contribution in [3.63, 3.8) is 0 Å². The van der Waals surface area contributed by atoms with Crippen molar-refractivity contribution in [3.05, 3.63) is 45.6 Å². The van der Waals surface area contributed by atoms with Crippen molar-refractivity contribution in [1.82, 2.24) is 16.0 Å². The van der Waals surface area contributed by atoms with Gasteiger partial charge in [-0.15, -0.1) is 0 Å². The molecule has 43 heavy (non-hydrogen) atoms. The van der Waals surface area contributed by atoms with Gasteiger partial charge in [0.2, 0.25) is 23.0 Å². The van der Waals surface area contributed by atoms with Gasteiger partial charge < -0.3 is 40.2 Å². The van der Waals surface area contributed by atoms with Gasteiger partial charge in [-0.05, 0) is 75.4 Å². The summed E-state index contributed by atoms with van der Waals surface area (Å²) in [6.45, 7) is 8.69. The smallest absolute Gasteiger partial charge is 0.407 e. The summed E-state index contributed by atoms with van der Waals surface area (Å²) in [6, 6.07) is 5.54. The van der Waals surface area contributed by atoms with E-state index in [0.29, 0.717) is 41.2 Å². The summed E-state index contributed by atoms with van der Waals surface area (Å²) in [6.07, 6.45) is 0.530. The Balaban J connectivity index is 1.93. The Bertz CT molecular complexity index is 1420. The second-order valence-corrected chi connectivity index (χ2v) is 11.2.